The van der Waals surface area contributed by atoms with Crippen molar-refractivity contribution >= 4 is 28.6 Å². The van der Waals surface area contributed by atoms with Crippen molar-refractivity contribution in [2.45, 2.75) is 20.0 Å². The number of hydrogen-bond donors (Lipinski definition) is 0. The molecule has 1 atom stereocenters. The first-order chi connectivity index (χ1) is 10.6. The number of carbonyl (C=O) groups is 1. The molecule has 6 heteroatoms. The van der Waals surface area contributed by atoms with Gasteiger partial charge in [0.05, 0.1) is 10.2 Å². The van der Waals surface area contributed by atoms with Crippen LogP contribution in [0.4, 0.5) is 0 Å². The van der Waals surface area contributed by atoms with Gasteiger partial charge in [0.15, 0.2) is 6.10 Å². The smallest absolute Gasteiger partial charge is 0.347 e. The van der Waals surface area contributed by atoms with E-state index in [2.05, 4.69) is 27.6 Å². The second-order valence-corrected chi connectivity index (χ2v) is 5.54. The molecule has 0 N–H and O–H groups in total. The Morgan fingerprint density at radius 3 is 2.55 bits per heavy atom. The van der Waals surface area contributed by atoms with Gasteiger partial charge >= 0.3 is 5.97 Å². The highest BCUT2D eigenvalue weighted by atomic mass is 127. The van der Waals surface area contributed by atoms with Gasteiger partial charge < -0.3 is 14.2 Å². The SMILES string of the molecule is CCOC(=O)C(C)Oc1ccc(Oc2ncccc2I)cc1. The highest BCUT2D eigenvalue weighted by Crippen LogP contribution is 2.26. The number of carbonyl (C=O) groups excluding carboxylic acids is 1. The average Bonchev–Trinajstić information content (AvgIpc) is 2.51. The van der Waals surface area contributed by atoms with Gasteiger partial charge in [-0.05, 0) is 72.8 Å². The monoisotopic (exact) mass is 413 g/mol. The van der Waals surface area contributed by atoms with Gasteiger partial charge in [0.2, 0.25) is 5.88 Å². The Labute approximate surface area is 142 Å². The lowest BCUT2D eigenvalue weighted by Gasteiger charge is -2.13. The maximum atomic E-state index is 11.5. The van der Waals surface area contributed by atoms with Crippen molar-refractivity contribution in [3.63, 3.8) is 0 Å². The Hall–Kier alpha value is -1.83. The van der Waals surface area contributed by atoms with Crippen molar-refractivity contribution in [1.82, 2.24) is 4.98 Å². The van der Waals surface area contributed by atoms with Gasteiger partial charge in [-0.15, -0.1) is 0 Å². The first-order valence-corrected chi connectivity index (χ1v) is 7.89. The molecule has 0 amide bonds. The minimum atomic E-state index is -0.650. The minimum Gasteiger partial charge on any atom is -0.479 e. The third kappa shape index (κ3) is 4.59. The molecule has 2 aromatic rings. The van der Waals surface area contributed by atoms with Crippen LogP contribution >= 0.6 is 22.6 Å². The van der Waals surface area contributed by atoms with Crippen molar-refractivity contribution in [1.29, 1.82) is 0 Å². The maximum absolute atomic E-state index is 11.5. The summed E-state index contributed by atoms with van der Waals surface area (Å²) in [5.41, 5.74) is 0. The third-order valence-corrected chi connectivity index (χ3v) is 3.52. The van der Waals surface area contributed by atoms with E-state index >= 15 is 0 Å². The third-order valence-electron chi connectivity index (χ3n) is 2.69. The fourth-order valence-corrected chi connectivity index (χ4v) is 2.11. The average molecular weight is 413 g/mol. The van der Waals surface area contributed by atoms with Crippen LogP contribution in [0, 0.1) is 3.57 Å². The highest BCUT2D eigenvalue weighted by molar-refractivity contribution is 14.1. The fraction of sp³-hybridized carbons (Fsp3) is 0.250. The molecule has 0 saturated carbocycles. The number of pyridine rings is 1. The molecule has 0 saturated heterocycles. The number of hydrogen-bond acceptors (Lipinski definition) is 5. The van der Waals surface area contributed by atoms with E-state index in [0.29, 0.717) is 24.0 Å². The summed E-state index contributed by atoms with van der Waals surface area (Å²) >= 11 is 2.16. The quantitative estimate of drug-likeness (QED) is 0.533. The number of rotatable bonds is 6. The topological polar surface area (TPSA) is 57.7 Å². The van der Waals surface area contributed by atoms with Gasteiger partial charge in [0.25, 0.3) is 0 Å². The van der Waals surface area contributed by atoms with Gasteiger partial charge in [-0.25, -0.2) is 9.78 Å². The molecule has 1 aromatic heterocycles. The molecule has 1 unspecified atom stereocenters. The molecule has 1 heterocycles. The number of halogens is 1. The fourth-order valence-electron chi connectivity index (χ4n) is 1.66. The summed E-state index contributed by atoms with van der Waals surface area (Å²) in [4.78, 5) is 15.7. The number of benzene rings is 1. The number of esters is 1. The highest BCUT2D eigenvalue weighted by Gasteiger charge is 2.15. The van der Waals surface area contributed by atoms with E-state index in [0.717, 1.165) is 3.57 Å². The number of ether oxygens (including phenoxy) is 3. The Bertz CT molecular complexity index is 630. The van der Waals surface area contributed by atoms with Gasteiger partial charge in [0.1, 0.15) is 11.5 Å². The zero-order valence-electron chi connectivity index (χ0n) is 12.3. The normalized spacial score (nSPS) is 11.6. The van der Waals surface area contributed by atoms with Crippen LogP contribution in [0.15, 0.2) is 42.6 Å². The minimum absolute atomic E-state index is 0.335. The van der Waals surface area contributed by atoms with Gasteiger partial charge in [-0.1, -0.05) is 0 Å². The van der Waals surface area contributed by atoms with Crippen LogP contribution in [0.5, 0.6) is 17.4 Å². The molecule has 0 fully saturated rings. The van der Waals surface area contributed by atoms with Crippen LogP contribution in [-0.2, 0) is 9.53 Å². The van der Waals surface area contributed by atoms with E-state index in [1.54, 1.807) is 44.3 Å². The Balaban J connectivity index is 1.99. The van der Waals surface area contributed by atoms with Crippen molar-refractivity contribution in [2.75, 3.05) is 6.61 Å². The second-order valence-electron chi connectivity index (χ2n) is 4.38. The molecular weight excluding hydrogens is 397 g/mol. The standard InChI is InChI=1S/C16H16INO4/c1-3-20-16(19)11(2)21-12-6-8-13(9-7-12)22-15-14(17)5-4-10-18-15/h4-11H,3H2,1-2H3. The van der Waals surface area contributed by atoms with E-state index in [9.17, 15) is 4.79 Å². The summed E-state index contributed by atoms with van der Waals surface area (Å²) in [6, 6.07) is 10.8. The van der Waals surface area contributed by atoms with Crippen molar-refractivity contribution in [3.8, 4) is 17.4 Å². The molecule has 0 radical (unpaired) electrons. The van der Waals surface area contributed by atoms with Crippen LogP contribution in [-0.4, -0.2) is 23.7 Å². The van der Waals surface area contributed by atoms with Crippen LogP contribution in [0.1, 0.15) is 13.8 Å². The Morgan fingerprint density at radius 2 is 1.91 bits per heavy atom. The van der Waals surface area contributed by atoms with E-state index < -0.39 is 6.10 Å². The Morgan fingerprint density at radius 1 is 1.23 bits per heavy atom. The molecule has 0 aliphatic heterocycles. The summed E-state index contributed by atoms with van der Waals surface area (Å²) in [5, 5.41) is 0. The molecular formula is C16H16INO4. The summed E-state index contributed by atoms with van der Waals surface area (Å²) in [6.45, 7) is 3.75. The molecule has 0 bridgehead atoms. The molecule has 22 heavy (non-hydrogen) atoms. The number of aromatic nitrogens is 1. The summed E-state index contributed by atoms with van der Waals surface area (Å²) in [7, 11) is 0. The van der Waals surface area contributed by atoms with Crippen molar-refractivity contribution in [3.05, 3.63) is 46.2 Å². The van der Waals surface area contributed by atoms with Crippen molar-refractivity contribution in [2.24, 2.45) is 0 Å². The molecule has 0 spiro atoms. The van der Waals surface area contributed by atoms with Gasteiger partial charge in [-0.3, -0.25) is 0 Å². The lowest BCUT2D eigenvalue weighted by Crippen LogP contribution is -2.25. The Kier molecular flexibility index (Phi) is 6.00. The van der Waals surface area contributed by atoms with Crippen LogP contribution in [0.2, 0.25) is 0 Å². The first-order valence-electron chi connectivity index (χ1n) is 6.82. The van der Waals surface area contributed by atoms with Crippen LogP contribution in [0.25, 0.3) is 0 Å². The second kappa shape index (κ2) is 7.98. The molecule has 5 nitrogen and oxygen atoms in total. The lowest BCUT2D eigenvalue weighted by atomic mass is 10.3. The largest absolute Gasteiger partial charge is 0.479 e. The molecule has 2 rings (SSSR count). The molecule has 0 aliphatic rings. The zero-order valence-corrected chi connectivity index (χ0v) is 14.4. The van der Waals surface area contributed by atoms with E-state index in [4.69, 9.17) is 14.2 Å². The zero-order chi connectivity index (χ0) is 15.9. The first kappa shape index (κ1) is 16.5. The van der Waals surface area contributed by atoms with Crippen LogP contribution in [0.3, 0.4) is 0 Å². The van der Waals surface area contributed by atoms with Gasteiger partial charge in [-0.2, -0.15) is 0 Å². The van der Waals surface area contributed by atoms with E-state index in [-0.39, 0.29) is 5.97 Å². The summed E-state index contributed by atoms with van der Waals surface area (Å²) < 4.78 is 17.0. The van der Waals surface area contributed by atoms with Crippen molar-refractivity contribution < 1.29 is 19.0 Å². The number of nitrogens with zero attached hydrogens (tertiary/aromatic N) is 1. The van der Waals surface area contributed by atoms with E-state index in [1.807, 2.05) is 12.1 Å². The van der Waals surface area contributed by atoms with Gasteiger partial charge in [0, 0.05) is 6.20 Å². The summed E-state index contributed by atoms with van der Waals surface area (Å²) in [6.07, 6.45) is 1.03. The maximum Gasteiger partial charge on any atom is 0.347 e. The van der Waals surface area contributed by atoms with E-state index in [1.165, 1.54) is 0 Å². The molecule has 1 aromatic carbocycles. The van der Waals surface area contributed by atoms with Crippen LogP contribution < -0.4 is 9.47 Å². The molecule has 0 aliphatic carbocycles. The predicted molar refractivity (Wildman–Crippen MR) is 90.2 cm³/mol. The summed E-state index contributed by atoms with van der Waals surface area (Å²) in [5.74, 6) is 1.39. The molecule has 116 valence electrons. The lowest BCUT2D eigenvalue weighted by molar-refractivity contribution is -0.150. The predicted octanol–water partition coefficient (Wildman–Crippen LogP) is 3.81.